The van der Waals surface area contributed by atoms with Gasteiger partial charge in [-0.25, -0.2) is 24.9 Å². The number of benzene rings is 6. The zero-order valence-electron chi connectivity index (χ0n) is 26.0. The molecule has 2 aromatic heterocycles. The molecule has 0 aliphatic heterocycles. The van der Waals surface area contributed by atoms with Crippen LogP contribution in [0.25, 0.3) is 79.2 Å². The average Bonchev–Trinajstić information content (AvgIpc) is 3.19. The first-order valence-corrected chi connectivity index (χ1v) is 15.9. The summed E-state index contributed by atoms with van der Waals surface area (Å²) in [5.41, 5.74) is 9.66. The van der Waals surface area contributed by atoms with Gasteiger partial charge in [0, 0.05) is 33.4 Å². The molecule has 226 valence electrons. The summed E-state index contributed by atoms with van der Waals surface area (Å²) in [6, 6.07) is 59.3. The summed E-state index contributed by atoms with van der Waals surface area (Å²) in [5, 5.41) is 0. The van der Waals surface area contributed by atoms with Gasteiger partial charge in [-0.15, -0.1) is 0 Å². The Bertz CT molecular complexity index is 2190. The summed E-state index contributed by atoms with van der Waals surface area (Å²) in [6.45, 7) is 0. The van der Waals surface area contributed by atoms with Crippen LogP contribution in [0.2, 0.25) is 0 Å². The van der Waals surface area contributed by atoms with Crippen molar-refractivity contribution in [2.75, 3.05) is 0 Å². The lowest BCUT2D eigenvalue weighted by atomic mass is 9.97. The van der Waals surface area contributed by atoms with Gasteiger partial charge in [0.2, 0.25) is 0 Å². The zero-order valence-corrected chi connectivity index (χ0v) is 26.0. The molecule has 2 heterocycles. The van der Waals surface area contributed by atoms with Crippen molar-refractivity contribution < 1.29 is 0 Å². The molecule has 0 aliphatic rings. The molecule has 0 amide bonds. The molecule has 6 aromatic carbocycles. The third-order valence-corrected chi connectivity index (χ3v) is 8.19. The van der Waals surface area contributed by atoms with Gasteiger partial charge in [0.15, 0.2) is 23.3 Å². The first-order valence-electron chi connectivity index (χ1n) is 15.9. The minimum Gasteiger partial charge on any atom is -0.228 e. The van der Waals surface area contributed by atoms with Gasteiger partial charge >= 0.3 is 0 Å². The highest BCUT2D eigenvalue weighted by molar-refractivity contribution is 5.83. The predicted octanol–water partition coefficient (Wildman–Crippen LogP) is 10.3. The number of aromatic nitrogens is 5. The van der Waals surface area contributed by atoms with Crippen LogP contribution in [0.4, 0.5) is 0 Å². The van der Waals surface area contributed by atoms with Crippen molar-refractivity contribution in [1.29, 1.82) is 0 Å². The molecule has 0 spiro atoms. The predicted molar refractivity (Wildman–Crippen MR) is 193 cm³/mol. The maximum atomic E-state index is 5.01. The van der Waals surface area contributed by atoms with E-state index < -0.39 is 0 Å². The van der Waals surface area contributed by atoms with Crippen molar-refractivity contribution in [3.05, 3.63) is 176 Å². The van der Waals surface area contributed by atoms with Gasteiger partial charge in [0.25, 0.3) is 0 Å². The standard InChI is InChI=1S/C43H29N5/c1-5-15-31(16-6-1)38-29-39(32-17-7-2-8-18-32)45-40(44-38)35-27-25-30(26-28-35)36-23-13-14-24-37(36)43-47-41(33-19-9-3-10-20-33)46-42(48-43)34-21-11-4-12-22-34/h1-29H. The van der Waals surface area contributed by atoms with Crippen molar-refractivity contribution in [2.24, 2.45) is 0 Å². The van der Waals surface area contributed by atoms with E-state index in [0.29, 0.717) is 23.3 Å². The molecule has 0 bridgehead atoms. The summed E-state index contributed by atoms with van der Waals surface area (Å²) in [5.74, 6) is 2.56. The summed E-state index contributed by atoms with van der Waals surface area (Å²) >= 11 is 0. The molecule has 5 heteroatoms. The van der Waals surface area contributed by atoms with E-state index in [1.807, 2.05) is 109 Å². The van der Waals surface area contributed by atoms with Crippen molar-refractivity contribution >= 4 is 0 Å². The lowest BCUT2D eigenvalue weighted by Crippen LogP contribution is -2.01. The maximum absolute atomic E-state index is 5.01. The third kappa shape index (κ3) is 6.00. The Morgan fingerprint density at radius 2 is 0.562 bits per heavy atom. The fraction of sp³-hybridized carbons (Fsp3) is 0. The Labute approximate surface area is 279 Å². The molecule has 0 aliphatic carbocycles. The van der Waals surface area contributed by atoms with Crippen LogP contribution in [0.15, 0.2) is 176 Å². The first-order chi connectivity index (χ1) is 23.8. The van der Waals surface area contributed by atoms with Crippen LogP contribution < -0.4 is 0 Å². The largest absolute Gasteiger partial charge is 0.228 e. The number of hydrogen-bond donors (Lipinski definition) is 0. The normalized spacial score (nSPS) is 10.9. The second kappa shape index (κ2) is 13.0. The molecule has 0 N–H and O–H groups in total. The lowest BCUT2D eigenvalue weighted by molar-refractivity contribution is 1.07. The SMILES string of the molecule is c1ccc(-c2cc(-c3ccccc3)nc(-c3ccc(-c4ccccc4-c4nc(-c5ccccc5)nc(-c5ccccc5)n4)cc3)n2)cc1. The van der Waals surface area contributed by atoms with E-state index in [-0.39, 0.29) is 0 Å². The first kappa shape index (κ1) is 28.9. The lowest BCUT2D eigenvalue weighted by Gasteiger charge is -2.13. The van der Waals surface area contributed by atoms with E-state index in [2.05, 4.69) is 66.7 Å². The van der Waals surface area contributed by atoms with Crippen molar-refractivity contribution in [3.8, 4) is 79.2 Å². The summed E-state index contributed by atoms with van der Waals surface area (Å²) in [7, 11) is 0. The van der Waals surface area contributed by atoms with E-state index in [1.165, 1.54) is 0 Å². The second-order valence-corrected chi connectivity index (χ2v) is 11.4. The Balaban J connectivity index is 1.21. The Hall–Kier alpha value is -6.59. The summed E-state index contributed by atoms with van der Waals surface area (Å²) < 4.78 is 0. The van der Waals surface area contributed by atoms with E-state index >= 15 is 0 Å². The van der Waals surface area contributed by atoms with Crippen LogP contribution in [-0.2, 0) is 0 Å². The van der Waals surface area contributed by atoms with Crippen molar-refractivity contribution in [1.82, 2.24) is 24.9 Å². The highest BCUT2D eigenvalue weighted by Crippen LogP contribution is 2.34. The Morgan fingerprint density at radius 1 is 0.229 bits per heavy atom. The van der Waals surface area contributed by atoms with E-state index in [0.717, 1.165) is 55.9 Å². The molecule has 5 nitrogen and oxygen atoms in total. The molecule has 0 atom stereocenters. The molecule has 8 rings (SSSR count). The zero-order chi connectivity index (χ0) is 32.1. The van der Waals surface area contributed by atoms with Crippen LogP contribution in [0.3, 0.4) is 0 Å². The average molecular weight is 616 g/mol. The molecule has 0 saturated carbocycles. The van der Waals surface area contributed by atoms with Crippen LogP contribution in [0, 0.1) is 0 Å². The van der Waals surface area contributed by atoms with Crippen LogP contribution in [-0.4, -0.2) is 24.9 Å². The quantitative estimate of drug-likeness (QED) is 0.178. The number of rotatable bonds is 7. The number of hydrogen-bond acceptors (Lipinski definition) is 5. The van der Waals surface area contributed by atoms with Crippen molar-refractivity contribution in [3.63, 3.8) is 0 Å². The van der Waals surface area contributed by atoms with Gasteiger partial charge in [-0.1, -0.05) is 170 Å². The molecule has 0 saturated heterocycles. The van der Waals surface area contributed by atoms with Crippen molar-refractivity contribution in [2.45, 2.75) is 0 Å². The Kier molecular flexibility index (Phi) is 7.83. The van der Waals surface area contributed by atoms with Gasteiger partial charge in [-0.2, -0.15) is 0 Å². The highest BCUT2D eigenvalue weighted by Gasteiger charge is 2.16. The fourth-order valence-electron chi connectivity index (χ4n) is 5.75. The van der Waals surface area contributed by atoms with Gasteiger partial charge in [-0.3, -0.25) is 0 Å². The smallest absolute Gasteiger partial charge is 0.164 e. The minimum atomic E-state index is 0.619. The maximum Gasteiger partial charge on any atom is 0.164 e. The minimum absolute atomic E-state index is 0.619. The topological polar surface area (TPSA) is 64.5 Å². The van der Waals surface area contributed by atoms with E-state index in [4.69, 9.17) is 24.9 Å². The second-order valence-electron chi connectivity index (χ2n) is 11.4. The van der Waals surface area contributed by atoms with Crippen LogP contribution >= 0.6 is 0 Å². The molecule has 0 fully saturated rings. The fourth-order valence-corrected chi connectivity index (χ4v) is 5.75. The summed E-state index contributed by atoms with van der Waals surface area (Å²) in [4.78, 5) is 24.9. The number of nitrogens with zero attached hydrogens (tertiary/aromatic N) is 5. The van der Waals surface area contributed by atoms with Crippen LogP contribution in [0.1, 0.15) is 0 Å². The molecular formula is C43H29N5. The van der Waals surface area contributed by atoms with Gasteiger partial charge in [0.05, 0.1) is 11.4 Å². The van der Waals surface area contributed by atoms with Gasteiger partial charge in [0.1, 0.15) is 0 Å². The van der Waals surface area contributed by atoms with E-state index in [1.54, 1.807) is 0 Å². The molecule has 48 heavy (non-hydrogen) atoms. The monoisotopic (exact) mass is 615 g/mol. The third-order valence-electron chi connectivity index (χ3n) is 8.19. The molecule has 8 aromatic rings. The van der Waals surface area contributed by atoms with Gasteiger partial charge < -0.3 is 0 Å². The van der Waals surface area contributed by atoms with Gasteiger partial charge in [-0.05, 0) is 17.2 Å². The van der Waals surface area contributed by atoms with E-state index in [9.17, 15) is 0 Å². The summed E-state index contributed by atoms with van der Waals surface area (Å²) in [6.07, 6.45) is 0. The highest BCUT2D eigenvalue weighted by atomic mass is 15.0. The van der Waals surface area contributed by atoms with Crippen LogP contribution in [0.5, 0.6) is 0 Å². The molecule has 0 unspecified atom stereocenters. The molecular weight excluding hydrogens is 587 g/mol. The molecule has 0 radical (unpaired) electrons. The Morgan fingerprint density at radius 3 is 1.04 bits per heavy atom.